The molecule has 5 nitrogen and oxygen atoms in total. The van der Waals surface area contributed by atoms with Crippen molar-refractivity contribution in [2.24, 2.45) is 0 Å². The first-order valence-corrected chi connectivity index (χ1v) is 4.88. The first-order chi connectivity index (χ1) is 8.24. The zero-order valence-electron chi connectivity index (χ0n) is 8.55. The van der Waals surface area contributed by atoms with E-state index in [2.05, 4.69) is 19.9 Å². The predicted molar refractivity (Wildman–Crippen MR) is 58.7 cm³/mol. The van der Waals surface area contributed by atoms with Crippen molar-refractivity contribution >= 4 is 11.2 Å². The van der Waals surface area contributed by atoms with Gasteiger partial charge in [-0.3, -0.25) is 0 Å². The Kier molecular flexibility index (Phi) is 2.01. The Balaban J connectivity index is 2.20. The number of nitrogens with one attached hydrogen (secondary N) is 1. The molecule has 2 N–H and O–H groups in total. The molecule has 84 valence electrons. The van der Waals surface area contributed by atoms with Crippen LogP contribution in [0.1, 0.15) is 0 Å². The second-order valence-electron chi connectivity index (χ2n) is 3.51. The molecule has 2 aromatic heterocycles. The molecule has 3 rings (SSSR count). The molecule has 17 heavy (non-hydrogen) atoms. The molecule has 3 aromatic rings. The maximum absolute atomic E-state index is 13.6. The lowest BCUT2D eigenvalue weighted by molar-refractivity contribution is 0.469. The topological polar surface area (TPSA) is 74.7 Å². The van der Waals surface area contributed by atoms with Gasteiger partial charge in [0.1, 0.15) is 29.2 Å². The van der Waals surface area contributed by atoms with E-state index >= 15 is 0 Å². The maximum Gasteiger partial charge on any atom is 0.181 e. The van der Waals surface area contributed by atoms with Crippen molar-refractivity contribution in [3.8, 4) is 17.1 Å². The van der Waals surface area contributed by atoms with Gasteiger partial charge in [-0.05, 0) is 12.1 Å². The number of benzene rings is 1. The first kappa shape index (κ1) is 9.71. The maximum atomic E-state index is 13.6. The molecule has 0 unspecified atom stereocenters. The number of hydrogen-bond acceptors (Lipinski definition) is 4. The summed E-state index contributed by atoms with van der Waals surface area (Å²) in [6.07, 6.45) is 2.94. The van der Waals surface area contributed by atoms with E-state index in [0.717, 1.165) is 6.07 Å². The van der Waals surface area contributed by atoms with Crippen LogP contribution >= 0.6 is 0 Å². The molecule has 6 heteroatoms. The van der Waals surface area contributed by atoms with Gasteiger partial charge in [-0.1, -0.05) is 0 Å². The Hall–Kier alpha value is -2.50. The van der Waals surface area contributed by atoms with E-state index in [0.29, 0.717) is 17.0 Å². The van der Waals surface area contributed by atoms with E-state index in [4.69, 9.17) is 5.11 Å². The molecular weight excluding hydrogens is 223 g/mol. The molecule has 0 amide bonds. The number of phenolic OH excluding ortho intramolecular Hbond substituents is 1. The standard InChI is InChI=1S/C11H7FN4O/c12-8-3-6(17)1-2-7(8)10-15-9-4-13-5-14-11(9)16-10/h1-5,17H,(H,13,14,15,16). The zero-order chi connectivity index (χ0) is 11.8. The largest absolute Gasteiger partial charge is 0.508 e. The van der Waals surface area contributed by atoms with Crippen LogP contribution in [0.15, 0.2) is 30.7 Å². The number of nitrogens with zero attached hydrogens (tertiary/aromatic N) is 3. The predicted octanol–water partition coefficient (Wildman–Crippen LogP) is 1.86. The van der Waals surface area contributed by atoms with E-state index < -0.39 is 5.82 Å². The van der Waals surface area contributed by atoms with Crippen molar-refractivity contribution in [3.63, 3.8) is 0 Å². The SMILES string of the molecule is Oc1ccc(-c2nc3ncncc3[nH]2)c(F)c1. The van der Waals surface area contributed by atoms with E-state index in [9.17, 15) is 4.39 Å². The number of hydrogen-bond donors (Lipinski definition) is 2. The number of halogens is 1. The molecule has 0 atom stereocenters. The minimum absolute atomic E-state index is 0.123. The molecule has 0 bridgehead atoms. The number of aromatic amines is 1. The molecule has 0 saturated carbocycles. The first-order valence-electron chi connectivity index (χ1n) is 4.88. The van der Waals surface area contributed by atoms with Gasteiger partial charge in [0.15, 0.2) is 5.65 Å². The average molecular weight is 230 g/mol. The van der Waals surface area contributed by atoms with Crippen LogP contribution in [-0.2, 0) is 0 Å². The second-order valence-corrected chi connectivity index (χ2v) is 3.51. The average Bonchev–Trinajstić information content (AvgIpc) is 2.72. The van der Waals surface area contributed by atoms with Crippen LogP contribution in [0.3, 0.4) is 0 Å². The number of rotatable bonds is 1. The van der Waals surface area contributed by atoms with Crippen LogP contribution < -0.4 is 0 Å². The molecule has 0 aliphatic rings. The molecule has 0 fully saturated rings. The summed E-state index contributed by atoms with van der Waals surface area (Å²) in [5, 5.41) is 9.13. The Labute approximate surface area is 95.0 Å². The normalized spacial score (nSPS) is 10.9. The Morgan fingerprint density at radius 2 is 2.18 bits per heavy atom. The van der Waals surface area contributed by atoms with Crippen molar-refractivity contribution in [2.45, 2.75) is 0 Å². The summed E-state index contributed by atoms with van der Waals surface area (Å²) in [7, 11) is 0. The van der Waals surface area contributed by atoms with Crippen LogP contribution in [0.4, 0.5) is 4.39 Å². The lowest BCUT2D eigenvalue weighted by atomic mass is 10.2. The Morgan fingerprint density at radius 1 is 1.29 bits per heavy atom. The van der Waals surface area contributed by atoms with Crippen molar-refractivity contribution in [1.29, 1.82) is 0 Å². The highest BCUT2D eigenvalue weighted by atomic mass is 19.1. The third-order valence-electron chi connectivity index (χ3n) is 2.37. The van der Waals surface area contributed by atoms with Gasteiger partial charge in [0.2, 0.25) is 0 Å². The van der Waals surface area contributed by atoms with E-state index in [1.807, 2.05) is 0 Å². The Morgan fingerprint density at radius 3 is 2.94 bits per heavy atom. The number of imidazole rings is 1. The van der Waals surface area contributed by atoms with Crippen molar-refractivity contribution in [1.82, 2.24) is 19.9 Å². The highest BCUT2D eigenvalue weighted by molar-refractivity contribution is 5.74. The Bertz CT molecular complexity index is 662. The smallest absolute Gasteiger partial charge is 0.181 e. The van der Waals surface area contributed by atoms with Crippen molar-refractivity contribution in [2.75, 3.05) is 0 Å². The van der Waals surface area contributed by atoms with Crippen LogP contribution in [-0.4, -0.2) is 25.0 Å². The fraction of sp³-hybridized carbons (Fsp3) is 0. The third-order valence-corrected chi connectivity index (χ3v) is 2.37. The molecular formula is C11H7FN4O. The highest BCUT2D eigenvalue weighted by Gasteiger charge is 2.11. The molecule has 2 heterocycles. The van der Waals surface area contributed by atoms with Crippen molar-refractivity contribution in [3.05, 3.63) is 36.5 Å². The molecule has 0 saturated heterocycles. The van der Waals surface area contributed by atoms with E-state index in [-0.39, 0.29) is 11.3 Å². The fourth-order valence-corrected chi connectivity index (χ4v) is 1.59. The van der Waals surface area contributed by atoms with Gasteiger partial charge in [-0.2, -0.15) is 0 Å². The minimum Gasteiger partial charge on any atom is -0.508 e. The number of aromatic nitrogens is 4. The van der Waals surface area contributed by atoms with Gasteiger partial charge in [-0.25, -0.2) is 19.3 Å². The third kappa shape index (κ3) is 1.59. The van der Waals surface area contributed by atoms with Crippen LogP contribution in [0.5, 0.6) is 5.75 Å². The second kappa shape index (κ2) is 3.51. The van der Waals surface area contributed by atoms with Crippen LogP contribution in [0.25, 0.3) is 22.6 Å². The minimum atomic E-state index is -0.544. The number of aromatic hydroxyl groups is 1. The van der Waals surface area contributed by atoms with Crippen LogP contribution in [0, 0.1) is 5.82 Å². The highest BCUT2D eigenvalue weighted by Crippen LogP contribution is 2.24. The summed E-state index contributed by atoms with van der Waals surface area (Å²) in [6, 6.07) is 3.89. The summed E-state index contributed by atoms with van der Waals surface area (Å²) in [6.45, 7) is 0. The molecule has 0 aliphatic heterocycles. The van der Waals surface area contributed by atoms with Gasteiger partial charge in [0.25, 0.3) is 0 Å². The molecule has 0 radical (unpaired) electrons. The summed E-state index contributed by atoms with van der Waals surface area (Å²) in [4.78, 5) is 14.8. The van der Waals surface area contributed by atoms with Gasteiger partial charge in [0, 0.05) is 6.07 Å². The van der Waals surface area contributed by atoms with E-state index in [1.165, 1.54) is 18.5 Å². The van der Waals surface area contributed by atoms with Gasteiger partial charge in [0.05, 0.1) is 11.8 Å². The van der Waals surface area contributed by atoms with Gasteiger partial charge in [-0.15, -0.1) is 0 Å². The summed E-state index contributed by atoms with van der Waals surface area (Å²) in [5.74, 6) is -0.308. The summed E-state index contributed by atoms with van der Waals surface area (Å²) in [5.41, 5.74) is 1.39. The number of H-pyrrole nitrogens is 1. The summed E-state index contributed by atoms with van der Waals surface area (Å²) >= 11 is 0. The quantitative estimate of drug-likeness (QED) is 0.669. The monoisotopic (exact) mass is 230 g/mol. The van der Waals surface area contributed by atoms with E-state index in [1.54, 1.807) is 6.20 Å². The molecule has 0 spiro atoms. The van der Waals surface area contributed by atoms with Gasteiger partial charge >= 0.3 is 0 Å². The van der Waals surface area contributed by atoms with Crippen molar-refractivity contribution < 1.29 is 9.50 Å². The van der Waals surface area contributed by atoms with Crippen LogP contribution in [0.2, 0.25) is 0 Å². The molecule has 1 aromatic carbocycles. The lowest BCUT2D eigenvalue weighted by Crippen LogP contribution is -1.85. The number of phenols is 1. The summed E-state index contributed by atoms with van der Waals surface area (Å²) < 4.78 is 13.6. The molecule has 0 aliphatic carbocycles. The lowest BCUT2D eigenvalue weighted by Gasteiger charge is -1.99. The number of fused-ring (bicyclic) bond motifs is 1. The zero-order valence-corrected chi connectivity index (χ0v) is 8.55. The fourth-order valence-electron chi connectivity index (χ4n) is 1.59. The van der Waals surface area contributed by atoms with Gasteiger partial charge < -0.3 is 10.1 Å².